The molecule has 1 aliphatic rings. The summed E-state index contributed by atoms with van der Waals surface area (Å²) in [6, 6.07) is 8.06. The number of aromatic amines is 1. The molecule has 0 aliphatic carbocycles. The summed E-state index contributed by atoms with van der Waals surface area (Å²) in [5.74, 6) is 1.53. The van der Waals surface area contributed by atoms with E-state index in [-0.39, 0.29) is 5.56 Å². The van der Waals surface area contributed by atoms with Gasteiger partial charge in [0.05, 0.1) is 11.3 Å². The molecule has 1 N–H and O–H groups in total. The molecular weight excluding hydrogens is 290 g/mol. The normalized spacial score (nSPS) is 14.3. The Morgan fingerprint density at radius 2 is 2.17 bits per heavy atom. The van der Waals surface area contributed by atoms with Crippen LogP contribution in [-0.4, -0.2) is 28.0 Å². The molecule has 0 radical (unpaired) electrons. The van der Waals surface area contributed by atoms with Crippen molar-refractivity contribution in [1.82, 2.24) is 14.9 Å². The number of rotatable bonds is 5. The molecule has 0 amide bonds. The summed E-state index contributed by atoms with van der Waals surface area (Å²) in [5, 5.41) is 0. The van der Waals surface area contributed by atoms with Crippen molar-refractivity contribution < 1.29 is 4.74 Å². The first-order chi connectivity index (χ1) is 11.2. The number of nitrogens with one attached hydrogen (secondary N) is 1. The van der Waals surface area contributed by atoms with Gasteiger partial charge in [0.1, 0.15) is 18.2 Å². The number of aromatic nitrogens is 2. The lowest BCUT2D eigenvalue weighted by Crippen LogP contribution is -2.35. The van der Waals surface area contributed by atoms with Gasteiger partial charge in [0, 0.05) is 26.1 Å². The monoisotopic (exact) mass is 311 g/mol. The van der Waals surface area contributed by atoms with Crippen molar-refractivity contribution in [2.75, 3.05) is 13.2 Å². The summed E-state index contributed by atoms with van der Waals surface area (Å²) in [7, 11) is 0. The van der Waals surface area contributed by atoms with Crippen molar-refractivity contribution in [3.8, 4) is 5.75 Å². The molecule has 2 aromatic rings. The summed E-state index contributed by atoms with van der Waals surface area (Å²) >= 11 is 0. The Labute approximate surface area is 135 Å². The van der Waals surface area contributed by atoms with Crippen LogP contribution in [0.3, 0.4) is 0 Å². The molecule has 120 valence electrons. The molecule has 5 nitrogen and oxygen atoms in total. The van der Waals surface area contributed by atoms with Crippen LogP contribution >= 0.6 is 0 Å². The minimum absolute atomic E-state index is 0.00891. The number of H-pyrrole nitrogens is 1. The van der Waals surface area contributed by atoms with Gasteiger partial charge in [0.2, 0.25) is 0 Å². The van der Waals surface area contributed by atoms with Crippen molar-refractivity contribution >= 4 is 0 Å². The van der Waals surface area contributed by atoms with E-state index < -0.39 is 0 Å². The van der Waals surface area contributed by atoms with Crippen LogP contribution in [-0.2, 0) is 19.5 Å². The SMILES string of the molecule is C=CCOc1ccc(CN2CCc3nc(C)[nH]c(=O)c3C2)cc1. The van der Waals surface area contributed by atoms with E-state index in [1.54, 1.807) is 6.08 Å². The first kappa shape index (κ1) is 15.5. The highest BCUT2D eigenvalue weighted by Gasteiger charge is 2.20. The number of ether oxygens (including phenoxy) is 1. The van der Waals surface area contributed by atoms with Crippen LogP contribution < -0.4 is 10.3 Å². The van der Waals surface area contributed by atoms with E-state index in [1.165, 1.54) is 5.56 Å². The van der Waals surface area contributed by atoms with Gasteiger partial charge in [-0.3, -0.25) is 9.69 Å². The van der Waals surface area contributed by atoms with Crippen LogP contribution in [0.25, 0.3) is 0 Å². The minimum atomic E-state index is -0.00891. The van der Waals surface area contributed by atoms with Gasteiger partial charge >= 0.3 is 0 Å². The Morgan fingerprint density at radius 3 is 2.91 bits per heavy atom. The van der Waals surface area contributed by atoms with Crippen molar-refractivity contribution in [1.29, 1.82) is 0 Å². The van der Waals surface area contributed by atoms with Gasteiger partial charge < -0.3 is 9.72 Å². The second-order valence-electron chi connectivity index (χ2n) is 5.78. The van der Waals surface area contributed by atoms with Gasteiger partial charge in [-0.1, -0.05) is 24.8 Å². The summed E-state index contributed by atoms with van der Waals surface area (Å²) in [5.41, 5.74) is 2.93. The van der Waals surface area contributed by atoms with E-state index >= 15 is 0 Å². The van der Waals surface area contributed by atoms with Crippen LogP contribution in [0.2, 0.25) is 0 Å². The maximum Gasteiger partial charge on any atom is 0.255 e. The number of hydrogen-bond acceptors (Lipinski definition) is 4. The molecular formula is C18H21N3O2. The zero-order valence-corrected chi connectivity index (χ0v) is 13.3. The molecule has 0 saturated carbocycles. The number of nitrogens with zero attached hydrogens (tertiary/aromatic N) is 2. The second kappa shape index (κ2) is 6.79. The van der Waals surface area contributed by atoms with E-state index in [4.69, 9.17) is 4.74 Å². The van der Waals surface area contributed by atoms with Gasteiger partial charge in [-0.15, -0.1) is 0 Å². The maximum absolute atomic E-state index is 12.1. The highest BCUT2D eigenvalue weighted by atomic mass is 16.5. The van der Waals surface area contributed by atoms with Crippen LogP contribution in [0.4, 0.5) is 0 Å². The molecule has 0 atom stereocenters. The molecule has 23 heavy (non-hydrogen) atoms. The predicted octanol–water partition coefficient (Wildman–Crippen LogP) is 2.20. The fourth-order valence-corrected chi connectivity index (χ4v) is 2.84. The van der Waals surface area contributed by atoms with E-state index in [0.29, 0.717) is 19.0 Å². The van der Waals surface area contributed by atoms with Crippen molar-refractivity contribution in [3.05, 3.63) is 69.9 Å². The smallest absolute Gasteiger partial charge is 0.255 e. The zero-order chi connectivity index (χ0) is 16.2. The fourth-order valence-electron chi connectivity index (χ4n) is 2.84. The number of aryl methyl sites for hydroxylation is 1. The average molecular weight is 311 g/mol. The lowest BCUT2D eigenvalue weighted by atomic mass is 10.1. The number of hydrogen-bond donors (Lipinski definition) is 1. The first-order valence-electron chi connectivity index (χ1n) is 7.79. The molecule has 2 heterocycles. The fraction of sp³-hybridized carbons (Fsp3) is 0.333. The number of fused-ring (bicyclic) bond motifs is 1. The summed E-state index contributed by atoms with van der Waals surface area (Å²) < 4.78 is 5.49. The van der Waals surface area contributed by atoms with E-state index in [0.717, 1.165) is 36.5 Å². The van der Waals surface area contributed by atoms with Gasteiger partial charge in [-0.2, -0.15) is 0 Å². The number of benzene rings is 1. The lowest BCUT2D eigenvalue weighted by molar-refractivity contribution is 0.241. The molecule has 0 unspecified atom stereocenters. The Balaban J connectivity index is 1.67. The molecule has 1 aliphatic heterocycles. The highest BCUT2D eigenvalue weighted by molar-refractivity contribution is 5.28. The second-order valence-corrected chi connectivity index (χ2v) is 5.78. The molecule has 0 spiro atoms. The highest BCUT2D eigenvalue weighted by Crippen LogP contribution is 2.18. The molecule has 0 bridgehead atoms. The van der Waals surface area contributed by atoms with Crippen molar-refractivity contribution in [3.63, 3.8) is 0 Å². The van der Waals surface area contributed by atoms with Gasteiger partial charge in [0.25, 0.3) is 5.56 Å². The maximum atomic E-state index is 12.1. The van der Waals surface area contributed by atoms with E-state index in [2.05, 4.69) is 33.6 Å². The van der Waals surface area contributed by atoms with Gasteiger partial charge in [-0.25, -0.2) is 4.98 Å². The summed E-state index contributed by atoms with van der Waals surface area (Å²) in [4.78, 5) is 21.6. The Bertz CT molecular complexity index is 750. The Hall–Kier alpha value is -2.40. The molecule has 1 aromatic heterocycles. The molecule has 1 aromatic carbocycles. The summed E-state index contributed by atoms with van der Waals surface area (Å²) in [6.45, 7) is 8.35. The van der Waals surface area contributed by atoms with Crippen molar-refractivity contribution in [2.45, 2.75) is 26.4 Å². The molecule has 5 heteroatoms. The first-order valence-corrected chi connectivity index (χ1v) is 7.79. The third-order valence-corrected chi connectivity index (χ3v) is 3.96. The van der Waals surface area contributed by atoms with Crippen LogP contribution in [0, 0.1) is 6.92 Å². The molecule has 0 saturated heterocycles. The third kappa shape index (κ3) is 3.68. The van der Waals surface area contributed by atoms with Crippen LogP contribution in [0.15, 0.2) is 41.7 Å². The summed E-state index contributed by atoms with van der Waals surface area (Å²) in [6.07, 6.45) is 2.55. The Kier molecular flexibility index (Phi) is 4.57. The predicted molar refractivity (Wildman–Crippen MR) is 89.5 cm³/mol. The quantitative estimate of drug-likeness (QED) is 0.860. The third-order valence-electron chi connectivity index (χ3n) is 3.96. The van der Waals surface area contributed by atoms with Crippen LogP contribution in [0.1, 0.15) is 22.6 Å². The topological polar surface area (TPSA) is 58.2 Å². The average Bonchev–Trinajstić information content (AvgIpc) is 2.55. The molecule has 0 fully saturated rings. The Morgan fingerprint density at radius 1 is 1.39 bits per heavy atom. The van der Waals surface area contributed by atoms with E-state index in [1.807, 2.05) is 19.1 Å². The van der Waals surface area contributed by atoms with Crippen LogP contribution in [0.5, 0.6) is 5.75 Å². The largest absolute Gasteiger partial charge is 0.490 e. The van der Waals surface area contributed by atoms with Gasteiger partial charge in [-0.05, 0) is 24.6 Å². The molecule has 3 rings (SSSR count). The standard InChI is InChI=1S/C18H21N3O2/c1-3-10-23-15-6-4-14(5-7-15)11-21-9-8-17-16(12-21)18(22)20-13(2)19-17/h3-7H,1,8-12H2,2H3,(H,19,20,22). The minimum Gasteiger partial charge on any atom is -0.490 e. The van der Waals surface area contributed by atoms with E-state index in [9.17, 15) is 4.79 Å². The zero-order valence-electron chi connectivity index (χ0n) is 13.3. The van der Waals surface area contributed by atoms with Crippen molar-refractivity contribution in [2.24, 2.45) is 0 Å². The lowest BCUT2D eigenvalue weighted by Gasteiger charge is -2.27. The van der Waals surface area contributed by atoms with Gasteiger partial charge in [0.15, 0.2) is 0 Å².